The molecule has 7 heteroatoms. The summed E-state index contributed by atoms with van der Waals surface area (Å²) in [5, 5.41) is 9.85. The Bertz CT molecular complexity index is 965. The summed E-state index contributed by atoms with van der Waals surface area (Å²) in [5.41, 5.74) is 2.45. The molecule has 3 aromatic rings. The van der Waals surface area contributed by atoms with Crippen LogP contribution in [0, 0.1) is 13.8 Å². The van der Waals surface area contributed by atoms with Crippen LogP contribution >= 0.6 is 11.3 Å². The Balaban J connectivity index is 1.69. The van der Waals surface area contributed by atoms with E-state index in [1.165, 1.54) is 5.56 Å². The average Bonchev–Trinajstić information content (AvgIpc) is 3.08. The largest absolute Gasteiger partial charge is 0.493 e. The lowest BCUT2D eigenvalue weighted by molar-refractivity contribution is 0.0701. The van der Waals surface area contributed by atoms with E-state index < -0.39 is 5.97 Å². The van der Waals surface area contributed by atoms with Crippen LogP contribution in [0.15, 0.2) is 42.5 Å². The molecule has 0 saturated carbocycles. The molecule has 0 amide bonds. The number of hydrogen-bond acceptors (Lipinski definition) is 6. The van der Waals surface area contributed by atoms with Gasteiger partial charge in [-0.05, 0) is 44.2 Å². The van der Waals surface area contributed by atoms with Gasteiger partial charge >= 0.3 is 5.97 Å². The number of thiazole rings is 1. The number of rotatable bonds is 8. The fourth-order valence-corrected chi connectivity index (χ4v) is 3.49. The molecule has 0 fully saturated rings. The van der Waals surface area contributed by atoms with E-state index in [0.717, 1.165) is 22.6 Å². The Morgan fingerprint density at radius 1 is 1.04 bits per heavy atom. The van der Waals surface area contributed by atoms with Gasteiger partial charge in [-0.1, -0.05) is 17.7 Å². The maximum atomic E-state index is 11.3. The number of hydrogen-bond donors (Lipinski definition) is 1. The second-order valence-corrected chi connectivity index (χ2v) is 7.11. The van der Waals surface area contributed by atoms with Gasteiger partial charge in [-0.25, -0.2) is 9.78 Å². The summed E-state index contributed by atoms with van der Waals surface area (Å²) in [6.45, 7) is 4.43. The zero-order chi connectivity index (χ0) is 20.1. The third kappa shape index (κ3) is 4.61. The molecule has 0 aliphatic carbocycles. The van der Waals surface area contributed by atoms with Gasteiger partial charge in [0.15, 0.2) is 11.5 Å². The summed E-state index contributed by atoms with van der Waals surface area (Å²) in [6, 6.07) is 13.2. The Morgan fingerprint density at radius 2 is 1.75 bits per heavy atom. The average molecular weight is 399 g/mol. The number of nitrogens with zero attached hydrogens (tertiary/aromatic N) is 1. The molecule has 146 valence electrons. The fraction of sp³-hybridized carbons (Fsp3) is 0.238. The molecule has 0 bridgehead atoms. The predicted molar refractivity (Wildman–Crippen MR) is 108 cm³/mol. The number of aromatic nitrogens is 1. The van der Waals surface area contributed by atoms with Gasteiger partial charge in [0, 0.05) is 5.56 Å². The number of aryl methyl sites for hydroxylation is 2. The molecule has 0 unspecified atom stereocenters. The molecular weight excluding hydrogens is 378 g/mol. The first-order chi connectivity index (χ1) is 13.5. The highest BCUT2D eigenvalue weighted by molar-refractivity contribution is 7.17. The highest BCUT2D eigenvalue weighted by Crippen LogP contribution is 2.35. The summed E-state index contributed by atoms with van der Waals surface area (Å²) in [5.74, 6) is 0.955. The zero-order valence-corrected chi connectivity index (χ0v) is 16.7. The molecule has 0 spiro atoms. The van der Waals surface area contributed by atoms with Crippen LogP contribution < -0.4 is 14.2 Å². The second kappa shape index (κ2) is 8.75. The molecule has 6 nitrogen and oxygen atoms in total. The molecule has 3 rings (SSSR count). The van der Waals surface area contributed by atoms with Crippen molar-refractivity contribution in [2.75, 3.05) is 20.3 Å². The predicted octanol–water partition coefficient (Wildman–Crippen LogP) is 4.59. The molecule has 1 heterocycles. The van der Waals surface area contributed by atoms with E-state index in [9.17, 15) is 9.90 Å². The van der Waals surface area contributed by atoms with Gasteiger partial charge in [0.25, 0.3) is 0 Å². The first kappa shape index (κ1) is 19.7. The minimum absolute atomic E-state index is 0.236. The zero-order valence-electron chi connectivity index (χ0n) is 15.9. The maximum absolute atomic E-state index is 11.3. The number of ether oxygens (including phenoxy) is 3. The monoisotopic (exact) mass is 399 g/mol. The van der Waals surface area contributed by atoms with Crippen LogP contribution in [0.5, 0.6) is 17.2 Å². The van der Waals surface area contributed by atoms with Crippen LogP contribution in [0.2, 0.25) is 0 Å². The van der Waals surface area contributed by atoms with Gasteiger partial charge in [-0.15, -0.1) is 11.3 Å². The molecule has 0 atom stereocenters. The van der Waals surface area contributed by atoms with E-state index in [2.05, 4.69) is 4.98 Å². The molecule has 1 N–H and O–H groups in total. The Labute approximate surface area is 167 Å². The van der Waals surface area contributed by atoms with Crippen molar-refractivity contribution >= 4 is 17.3 Å². The topological polar surface area (TPSA) is 77.9 Å². The van der Waals surface area contributed by atoms with Gasteiger partial charge in [0.1, 0.15) is 28.8 Å². The lowest BCUT2D eigenvalue weighted by Crippen LogP contribution is -2.09. The molecule has 0 radical (unpaired) electrons. The van der Waals surface area contributed by atoms with Crippen molar-refractivity contribution in [1.29, 1.82) is 0 Å². The van der Waals surface area contributed by atoms with Crippen molar-refractivity contribution in [3.05, 3.63) is 58.6 Å². The number of carboxylic acids is 1. The van der Waals surface area contributed by atoms with E-state index in [-0.39, 0.29) is 4.88 Å². The molecule has 2 aromatic carbocycles. The second-order valence-electron chi connectivity index (χ2n) is 6.11. The number of methoxy groups -OCH3 is 1. The van der Waals surface area contributed by atoms with Crippen LogP contribution in [0.25, 0.3) is 10.6 Å². The van der Waals surface area contributed by atoms with Crippen molar-refractivity contribution in [2.24, 2.45) is 0 Å². The summed E-state index contributed by atoms with van der Waals surface area (Å²) < 4.78 is 16.9. The Hall–Kier alpha value is -3.06. The smallest absolute Gasteiger partial charge is 0.347 e. The Kier molecular flexibility index (Phi) is 6.16. The lowest BCUT2D eigenvalue weighted by atomic mass is 10.2. The van der Waals surface area contributed by atoms with Crippen LogP contribution in [0.1, 0.15) is 20.9 Å². The van der Waals surface area contributed by atoms with Gasteiger partial charge in [0.2, 0.25) is 0 Å². The highest BCUT2D eigenvalue weighted by atomic mass is 32.1. The summed E-state index contributed by atoms with van der Waals surface area (Å²) in [4.78, 5) is 15.9. The number of benzene rings is 2. The van der Waals surface area contributed by atoms with E-state index in [0.29, 0.717) is 35.4 Å². The van der Waals surface area contributed by atoms with Crippen molar-refractivity contribution in [2.45, 2.75) is 13.8 Å². The van der Waals surface area contributed by atoms with Crippen molar-refractivity contribution < 1.29 is 24.1 Å². The standard InChI is InChI=1S/C21H21NO5S/c1-13-4-7-16(8-5-13)26-10-11-27-18-12-15(6-9-17(18)25-3)20-22-14(2)19(28-20)21(23)24/h4-9,12H,10-11H2,1-3H3,(H,23,24). The molecule has 1 aromatic heterocycles. The van der Waals surface area contributed by atoms with E-state index in [1.807, 2.05) is 37.3 Å². The van der Waals surface area contributed by atoms with Crippen molar-refractivity contribution in [1.82, 2.24) is 4.98 Å². The first-order valence-corrected chi connectivity index (χ1v) is 9.51. The van der Waals surface area contributed by atoms with Crippen LogP contribution in [0.3, 0.4) is 0 Å². The van der Waals surface area contributed by atoms with Crippen LogP contribution in [-0.4, -0.2) is 36.4 Å². The molecule has 0 saturated heterocycles. The van der Waals surface area contributed by atoms with Crippen molar-refractivity contribution in [3.8, 4) is 27.8 Å². The van der Waals surface area contributed by atoms with E-state index in [1.54, 1.807) is 26.2 Å². The molecule has 0 aliphatic heterocycles. The fourth-order valence-electron chi connectivity index (χ4n) is 2.59. The molecule has 28 heavy (non-hydrogen) atoms. The van der Waals surface area contributed by atoms with Crippen LogP contribution in [0.4, 0.5) is 0 Å². The van der Waals surface area contributed by atoms with Gasteiger partial charge in [-0.3, -0.25) is 0 Å². The maximum Gasteiger partial charge on any atom is 0.347 e. The quantitative estimate of drug-likeness (QED) is 0.558. The summed E-state index contributed by atoms with van der Waals surface area (Å²) in [6.07, 6.45) is 0. The van der Waals surface area contributed by atoms with E-state index in [4.69, 9.17) is 14.2 Å². The van der Waals surface area contributed by atoms with E-state index >= 15 is 0 Å². The van der Waals surface area contributed by atoms with Crippen molar-refractivity contribution in [3.63, 3.8) is 0 Å². The highest BCUT2D eigenvalue weighted by Gasteiger charge is 2.16. The van der Waals surface area contributed by atoms with Gasteiger partial charge < -0.3 is 19.3 Å². The SMILES string of the molecule is COc1ccc(-c2nc(C)c(C(=O)O)s2)cc1OCCOc1ccc(C)cc1. The van der Waals surface area contributed by atoms with Gasteiger partial charge in [-0.2, -0.15) is 0 Å². The normalized spacial score (nSPS) is 10.5. The minimum atomic E-state index is -0.973. The Morgan fingerprint density at radius 3 is 2.39 bits per heavy atom. The van der Waals surface area contributed by atoms with Gasteiger partial charge in [0.05, 0.1) is 12.8 Å². The number of carbonyl (C=O) groups is 1. The number of carboxylic acid groups (broad SMARTS) is 1. The summed E-state index contributed by atoms with van der Waals surface area (Å²) >= 11 is 1.14. The molecular formula is C21H21NO5S. The molecule has 0 aliphatic rings. The minimum Gasteiger partial charge on any atom is -0.493 e. The third-order valence-corrected chi connectivity index (χ3v) is 5.23. The third-order valence-electron chi connectivity index (χ3n) is 4.03. The summed E-state index contributed by atoms with van der Waals surface area (Å²) in [7, 11) is 1.57. The van der Waals surface area contributed by atoms with Crippen LogP contribution in [-0.2, 0) is 0 Å². The number of aromatic carboxylic acids is 1. The first-order valence-electron chi connectivity index (χ1n) is 8.69. The lowest BCUT2D eigenvalue weighted by Gasteiger charge is -2.12.